The zero-order valence-corrected chi connectivity index (χ0v) is 20.5. The molecule has 34 heavy (non-hydrogen) atoms. The molecular formula is C28H37N3O3. The van der Waals surface area contributed by atoms with E-state index in [2.05, 4.69) is 47.2 Å². The highest BCUT2D eigenvalue weighted by Crippen LogP contribution is 2.31. The SMILES string of the molecule is CC1(C)CCN(Cc2ccc3c(c2)C[C@H](NC(=O)c2ccc(OC[C@@H]4CCCO4)cn2)C3)CC1. The van der Waals surface area contributed by atoms with Crippen molar-refractivity contribution in [1.29, 1.82) is 0 Å². The maximum absolute atomic E-state index is 12.8. The van der Waals surface area contributed by atoms with Crippen molar-refractivity contribution >= 4 is 5.91 Å². The summed E-state index contributed by atoms with van der Waals surface area (Å²) in [6.07, 6.45) is 8.21. The van der Waals surface area contributed by atoms with E-state index in [1.165, 1.54) is 42.6 Å². The summed E-state index contributed by atoms with van der Waals surface area (Å²) in [6, 6.07) is 10.5. The molecule has 0 radical (unpaired) electrons. The lowest BCUT2D eigenvalue weighted by Gasteiger charge is -2.37. The van der Waals surface area contributed by atoms with Crippen molar-refractivity contribution in [2.75, 3.05) is 26.3 Å². The number of aromatic nitrogens is 1. The number of ether oxygens (including phenoxy) is 2. The van der Waals surface area contributed by atoms with Gasteiger partial charge in [-0.1, -0.05) is 32.0 Å². The van der Waals surface area contributed by atoms with Crippen molar-refractivity contribution in [2.24, 2.45) is 5.41 Å². The number of carbonyl (C=O) groups excluding carboxylic acids is 1. The van der Waals surface area contributed by atoms with Crippen molar-refractivity contribution in [1.82, 2.24) is 15.2 Å². The van der Waals surface area contributed by atoms with E-state index in [0.717, 1.165) is 38.8 Å². The standard InChI is InChI=1S/C28H37N3O3/c1-28(2)9-11-31(12-10-28)18-20-5-6-21-15-23(16-22(21)14-20)30-27(32)26-8-7-24(17-29-26)34-19-25-4-3-13-33-25/h5-8,14,17,23,25H,3-4,9-13,15-16,18-19H2,1-2H3,(H,30,32)/t23-,25+/m1/s1. The van der Waals surface area contributed by atoms with E-state index in [4.69, 9.17) is 9.47 Å². The smallest absolute Gasteiger partial charge is 0.270 e. The fraction of sp³-hybridized carbons (Fsp3) is 0.571. The lowest BCUT2D eigenvalue weighted by molar-refractivity contribution is 0.0678. The summed E-state index contributed by atoms with van der Waals surface area (Å²) in [7, 11) is 0. The van der Waals surface area contributed by atoms with Gasteiger partial charge in [0.15, 0.2) is 0 Å². The maximum atomic E-state index is 12.8. The van der Waals surface area contributed by atoms with Crippen LogP contribution < -0.4 is 10.1 Å². The van der Waals surface area contributed by atoms with Crippen LogP contribution in [-0.4, -0.2) is 54.2 Å². The lowest BCUT2D eigenvalue weighted by atomic mass is 9.82. The molecule has 6 heteroatoms. The van der Waals surface area contributed by atoms with E-state index in [9.17, 15) is 4.79 Å². The van der Waals surface area contributed by atoms with Crippen LogP contribution in [0.5, 0.6) is 5.75 Å². The Morgan fingerprint density at radius 1 is 1.18 bits per heavy atom. The number of piperidine rings is 1. The lowest BCUT2D eigenvalue weighted by Crippen LogP contribution is -2.36. The molecule has 2 fully saturated rings. The number of hydrogen-bond donors (Lipinski definition) is 1. The molecule has 6 nitrogen and oxygen atoms in total. The molecule has 2 aliphatic heterocycles. The van der Waals surface area contributed by atoms with Gasteiger partial charge in [0.1, 0.15) is 18.1 Å². The first-order valence-corrected chi connectivity index (χ1v) is 12.8. The van der Waals surface area contributed by atoms with Gasteiger partial charge in [0.05, 0.1) is 12.3 Å². The molecule has 0 spiro atoms. The molecule has 3 heterocycles. The van der Waals surface area contributed by atoms with Crippen molar-refractivity contribution in [2.45, 2.75) is 71.1 Å². The number of hydrogen-bond acceptors (Lipinski definition) is 5. The number of amides is 1. The first-order chi connectivity index (χ1) is 16.4. The van der Waals surface area contributed by atoms with Crippen LogP contribution in [0.3, 0.4) is 0 Å². The van der Waals surface area contributed by atoms with Gasteiger partial charge < -0.3 is 14.8 Å². The maximum Gasteiger partial charge on any atom is 0.270 e. The van der Waals surface area contributed by atoms with Gasteiger partial charge in [-0.15, -0.1) is 0 Å². The number of fused-ring (bicyclic) bond motifs is 1. The molecular weight excluding hydrogens is 426 g/mol. The molecule has 182 valence electrons. The largest absolute Gasteiger partial charge is 0.489 e. The summed E-state index contributed by atoms with van der Waals surface area (Å²) in [4.78, 5) is 19.7. The van der Waals surface area contributed by atoms with E-state index in [0.29, 0.717) is 23.5 Å². The van der Waals surface area contributed by atoms with E-state index < -0.39 is 0 Å². The second kappa shape index (κ2) is 10.0. The molecule has 1 aromatic heterocycles. The predicted molar refractivity (Wildman–Crippen MR) is 132 cm³/mol. The van der Waals surface area contributed by atoms with Crippen LogP contribution in [0, 0.1) is 5.41 Å². The molecule has 0 unspecified atom stereocenters. The summed E-state index contributed by atoms with van der Waals surface area (Å²) < 4.78 is 11.3. The minimum absolute atomic E-state index is 0.116. The van der Waals surface area contributed by atoms with E-state index >= 15 is 0 Å². The van der Waals surface area contributed by atoms with Gasteiger partial charge in [-0.3, -0.25) is 9.69 Å². The summed E-state index contributed by atoms with van der Waals surface area (Å²) in [5.74, 6) is 0.546. The van der Waals surface area contributed by atoms with Gasteiger partial charge in [-0.2, -0.15) is 0 Å². The van der Waals surface area contributed by atoms with Crippen molar-refractivity contribution in [3.8, 4) is 5.75 Å². The highest BCUT2D eigenvalue weighted by molar-refractivity contribution is 5.92. The molecule has 2 aromatic rings. The van der Waals surface area contributed by atoms with Gasteiger partial charge in [0.25, 0.3) is 5.91 Å². The van der Waals surface area contributed by atoms with Crippen molar-refractivity contribution in [3.63, 3.8) is 0 Å². The number of nitrogens with one attached hydrogen (secondary N) is 1. The van der Waals surface area contributed by atoms with Gasteiger partial charge in [-0.25, -0.2) is 4.98 Å². The van der Waals surface area contributed by atoms with Crippen LogP contribution in [0.15, 0.2) is 36.5 Å². The highest BCUT2D eigenvalue weighted by Gasteiger charge is 2.27. The van der Waals surface area contributed by atoms with E-state index in [1.54, 1.807) is 12.3 Å². The fourth-order valence-corrected chi connectivity index (χ4v) is 5.27. The third-order valence-electron chi connectivity index (χ3n) is 7.58. The normalized spacial score (nSPS) is 24.1. The monoisotopic (exact) mass is 463 g/mol. The first kappa shape index (κ1) is 23.3. The van der Waals surface area contributed by atoms with Crippen LogP contribution in [0.1, 0.15) is 66.7 Å². The molecule has 3 aliphatic rings. The molecule has 0 saturated carbocycles. The van der Waals surface area contributed by atoms with Gasteiger partial charge in [0, 0.05) is 19.2 Å². The quantitative estimate of drug-likeness (QED) is 0.668. The fourth-order valence-electron chi connectivity index (χ4n) is 5.27. The predicted octanol–water partition coefficient (Wildman–Crippen LogP) is 4.16. The number of carbonyl (C=O) groups is 1. The third-order valence-corrected chi connectivity index (χ3v) is 7.58. The third kappa shape index (κ3) is 5.78. The Kier molecular flexibility index (Phi) is 6.89. The Labute approximate surface area is 203 Å². The second-order valence-electron chi connectivity index (χ2n) is 10.9. The van der Waals surface area contributed by atoms with E-state index in [-0.39, 0.29) is 18.1 Å². The zero-order chi connectivity index (χ0) is 23.5. The van der Waals surface area contributed by atoms with Crippen LogP contribution in [-0.2, 0) is 24.1 Å². The Morgan fingerprint density at radius 3 is 2.74 bits per heavy atom. The summed E-state index contributed by atoms with van der Waals surface area (Å²) in [5, 5.41) is 3.18. The molecule has 5 rings (SSSR count). The number of nitrogens with zero attached hydrogens (tertiary/aromatic N) is 2. The topological polar surface area (TPSA) is 63.7 Å². The van der Waals surface area contributed by atoms with Crippen LogP contribution in [0.2, 0.25) is 0 Å². The molecule has 1 amide bonds. The van der Waals surface area contributed by atoms with Crippen LogP contribution in [0.4, 0.5) is 0 Å². The van der Waals surface area contributed by atoms with Crippen molar-refractivity contribution < 1.29 is 14.3 Å². The average Bonchev–Trinajstić information content (AvgIpc) is 3.48. The Bertz CT molecular complexity index is 988. The Morgan fingerprint density at radius 2 is 2.00 bits per heavy atom. The summed E-state index contributed by atoms with van der Waals surface area (Å²) in [5.41, 5.74) is 5.00. The summed E-state index contributed by atoms with van der Waals surface area (Å²) in [6.45, 7) is 9.46. The number of pyridine rings is 1. The van der Waals surface area contributed by atoms with E-state index in [1.807, 2.05) is 6.07 Å². The molecule has 2 saturated heterocycles. The molecule has 0 bridgehead atoms. The molecule has 1 N–H and O–H groups in total. The zero-order valence-electron chi connectivity index (χ0n) is 20.5. The minimum atomic E-state index is -0.125. The Hall–Kier alpha value is -2.44. The van der Waals surface area contributed by atoms with Gasteiger partial charge in [0.2, 0.25) is 0 Å². The summed E-state index contributed by atoms with van der Waals surface area (Å²) >= 11 is 0. The van der Waals surface area contributed by atoms with Crippen LogP contribution >= 0.6 is 0 Å². The number of likely N-dealkylation sites (tertiary alicyclic amines) is 1. The van der Waals surface area contributed by atoms with Crippen LogP contribution in [0.25, 0.3) is 0 Å². The molecule has 1 aromatic carbocycles. The van der Waals surface area contributed by atoms with Gasteiger partial charge in [-0.05, 0) is 85.9 Å². The first-order valence-electron chi connectivity index (χ1n) is 12.8. The highest BCUT2D eigenvalue weighted by atomic mass is 16.5. The second-order valence-corrected chi connectivity index (χ2v) is 10.9. The van der Waals surface area contributed by atoms with Crippen molar-refractivity contribution in [3.05, 3.63) is 58.9 Å². The van der Waals surface area contributed by atoms with Gasteiger partial charge >= 0.3 is 0 Å². The average molecular weight is 464 g/mol. The Balaban J connectivity index is 1.11. The number of rotatable bonds is 7. The minimum Gasteiger partial charge on any atom is -0.489 e. The molecule has 2 atom stereocenters. The number of benzene rings is 1. The molecule has 1 aliphatic carbocycles.